The van der Waals surface area contributed by atoms with Gasteiger partial charge in [-0.1, -0.05) is 0 Å². The van der Waals surface area contributed by atoms with Gasteiger partial charge in [0.25, 0.3) is 0 Å². The number of halogens is 2. The average molecular weight is 309 g/mol. The fraction of sp³-hybridized carbons (Fsp3) is 0.647. The first kappa shape index (κ1) is 15.7. The highest BCUT2D eigenvalue weighted by molar-refractivity contribution is 5.50. The van der Waals surface area contributed by atoms with E-state index in [-0.39, 0.29) is 11.6 Å². The molecule has 22 heavy (non-hydrogen) atoms. The molecule has 5 heteroatoms. The minimum Gasteiger partial charge on any atom is -0.369 e. The van der Waals surface area contributed by atoms with Crippen LogP contribution in [0.25, 0.3) is 0 Å². The summed E-state index contributed by atoms with van der Waals surface area (Å²) in [5, 5.41) is 0. The fourth-order valence-corrected chi connectivity index (χ4v) is 3.54. The van der Waals surface area contributed by atoms with Gasteiger partial charge in [-0.2, -0.15) is 0 Å². The van der Waals surface area contributed by atoms with Crippen LogP contribution >= 0.6 is 0 Å². The number of anilines is 1. The second-order valence-electron chi connectivity index (χ2n) is 6.61. The van der Waals surface area contributed by atoms with Crippen LogP contribution in [0.3, 0.4) is 0 Å². The zero-order chi connectivity index (χ0) is 15.7. The van der Waals surface area contributed by atoms with Gasteiger partial charge in [-0.25, -0.2) is 8.78 Å². The van der Waals surface area contributed by atoms with Crippen molar-refractivity contribution in [3.8, 4) is 0 Å². The second kappa shape index (κ2) is 6.50. The third kappa shape index (κ3) is 3.25. The van der Waals surface area contributed by atoms with Gasteiger partial charge < -0.3 is 9.80 Å². The Bertz CT molecular complexity index is 519. The number of aryl methyl sites for hydroxylation is 1. The van der Waals surface area contributed by atoms with Crippen LogP contribution in [0.1, 0.15) is 18.4 Å². The minimum atomic E-state index is -0.322. The van der Waals surface area contributed by atoms with Crippen LogP contribution in [0, 0.1) is 18.6 Å². The second-order valence-corrected chi connectivity index (χ2v) is 6.61. The molecule has 3 nitrogen and oxygen atoms in total. The summed E-state index contributed by atoms with van der Waals surface area (Å²) in [6.45, 7) is 7.69. The molecule has 0 saturated carbocycles. The standard InChI is InChI=1S/C17H25F2N3/c1-13-11-16(19)17(12-15(13)18)22-5-3-14(4-6-22)21-9-7-20(2)8-10-21/h11-12,14H,3-10H2,1-2H3. The van der Waals surface area contributed by atoms with E-state index in [0.717, 1.165) is 52.1 Å². The number of rotatable bonds is 2. The molecule has 0 bridgehead atoms. The molecule has 2 heterocycles. The Morgan fingerprint density at radius 2 is 1.55 bits per heavy atom. The molecule has 0 aliphatic carbocycles. The number of piperazine rings is 1. The monoisotopic (exact) mass is 309 g/mol. The van der Waals surface area contributed by atoms with Crippen molar-refractivity contribution >= 4 is 5.69 Å². The maximum Gasteiger partial charge on any atom is 0.146 e. The summed E-state index contributed by atoms with van der Waals surface area (Å²) in [5.41, 5.74) is 0.786. The van der Waals surface area contributed by atoms with Crippen molar-refractivity contribution in [2.45, 2.75) is 25.8 Å². The summed E-state index contributed by atoms with van der Waals surface area (Å²) in [4.78, 5) is 6.91. The van der Waals surface area contributed by atoms with Gasteiger partial charge in [-0.3, -0.25) is 4.90 Å². The Balaban J connectivity index is 1.61. The van der Waals surface area contributed by atoms with E-state index in [9.17, 15) is 8.78 Å². The highest BCUT2D eigenvalue weighted by atomic mass is 19.1. The molecule has 0 N–H and O–H groups in total. The van der Waals surface area contributed by atoms with E-state index in [2.05, 4.69) is 16.8 Å². The van der Waals surface area contributed by atoms with Gasteiger partial charge in [0.05, 0.1) is 5.69 Å². The average Bonchev–Trinajstić information content (AvgIpc) is 2.52. The molecule has 0 atom stereocenters. The van der Waals surface area contributed by atoms with Crippen molar-refractivity contribution in [1.82, 2.24) is 9.80 Å². The van der Waals surface area contributed by atoms with E-state index in [0.29, 0.717) is 17.3 Å². The number of hydrogen-bond donors (Lipinski definition) is 0. The van der Waals surface area contributed by atoms with Gasteiger partial charge in [-0.05, 0) is 38.4 Å². The first-order valence-electron chi connectivity index (χ1n) is 8.18. The first-order chi connectivity index (χ1) is 10.5. The molecule has 2 saturated heterocycles. The van der Waals surface area contributed by atoms with Gasteiger partial charge in [0.2, 0.25) is 0 Å². The van der Waals surface area contributed by atoms with Gasteiger partial charge in [0.15, 0.2) is 0 Å². The summed E-state index contributed by atoms with van der Waals surface area (Å²) in [6.07, 6.45) is 2.05. The van der Waals surface area contributed by atoms with Crippen LogP contribution in [0.4, 0.5) is 14.5 Å². The van der Waals surface area contributed by atoms with Crippen LogP contribution in [0.5, 0.6) is 0 Å². The van der Waals surface area contributed by atoms with Crippen molar-refractivity contribution < 1.29 is 8.78 Å². The van der Waals surface area contributed by atoms with Gasteiger partial charge in [0.1, 0.15) is 11.6 Å². The third-order valence-corrected chi connectivity index (χ3v) is 5.09. The smallest absolute Gasteiger partial charge is 0.146 e. The quantitative estimate of drug-likeness (QED) is 0.831. The zero-order valence-corrected chi connectivity index (χ0v) is 13.5. The molecule has 3 rings (SSSR count). The Morgan fingerprint density at radius 1 is 0.909 bits per heavy atom. The number of hydrogen-bond acceptors (Lipinski definition) is 3. The summed E-state index contributed by atoms with van der Waals surface area (Å²) in [6, 6.07) is 3.24. The van der Waals surface area contributed by atoms with Crippen molar-refractivity contribution in [1.29, 1.82) is 0 Å². The van der Waals surface area contributed by atoms with Crippen molar-refractivity contribution in [2.24, 2.45) is 0 Å². The lowest BCUT2D eigenvalue weighted by Gasteiger charge is -2.42. The Hall–Kier alpha value is -1.20. The topological polar surface area (TPSA) is 9.72 Å². The molecule has 2 aliphatic heterocycles. The minimum absolute atomic E-state index is 0.308. The van der Waals surface area contributed by atoms with E-state index in [1.54, 1.807) is 6.92 Å². The van der Waals surface area contributed by atoms with Crippen molar-refractivity contribution in [3.05, 3.63) is 29.3 Å². The molecule has 0 spiro atoms. The molecule has 2 fully saturated rings. The molecule has 0 aromatic heterocycles. The largest absolute Gasteiger partial charge is 0.369 e. The van der Waals surface area contributed by atoms with Crippen molar-refractivity contribution in [2.75, 3.05) is 51.2 Å². The lowest BCUT2D eigenvalue weighted by atomic mass is 10.0. The lowest BCUT2D eigenvalue weighted by molar-refractivity contribution is 0.0981. The maximum absolute atomic E-state index is 14.1. The summed E-state index contributed by atoms with van der Waals surface area (Å²) >= 11 is 0. The highest BCUT2D eigenvalue weighted by Gasteiger charge is 2.27. The number of likely N-dealkylation sites (N-methyl/N-ethyl adjacent to an activating group) is 1. The maximum atomic E-state index is 14.1. The zero-order valence-electron chi connectivity index (χ0n) is 13.5. The molecule has 122 valence electrons. The van der Waals surface area contributed by atoms with Crippen LogP contribution in [0.15, 0.2) is 12.1 Å². The number of piperidine rings is 1. The Kier molecular flexibility index (Phi) is 4.64. The number of nitrogens with zero attached hydrogens (tertiary/aromatic N) is 3. The Morgan fingerprint density at radius 3 is 2.18 bits per heavy atom. The molecule has 0 radical (unpaired) electrons. The molecular formula is C17H25F2N3. The van der Waals surface area contributed by atoms with Crippen LogP contribution in [-0.4, -0.2) is 62.2 Å². The predicted octanol–water partition coefficient (Wildman–Crippen LogP) is 2.49. The molecule has 1 aromatic rings. The lowest BCUT2D eigenvalue weighted by Crippen LogP contribution is -2.52. The summed E-state index contributed by atoms with van der Waals surface area (Å²) in [5.74, 6) is -0.630. The molecule has 2 aliphatic rings. The van der Waals surface area contributed by atoms with Gasteiger partial charge >= 0.3 is 0 Å². The first-order valence-corrected chi connectivity index (χ1v) is 8.18. The molecule has 0 amide bonds. The van der Waals surface area contributed by atoms with Gasteiger partial charge in [0, 0.05) is 51.4 Å². The third-order valence-electron chi connectivity index (χ3n) is 5.09. The summed E-state index contributed by atoms with van der Waals surface area (Å²) in [7, 11) is 2.16. The van der Waals surface area contributed by atoms with Crippen molar-refractivity contribution in [3.63, 3.8) is 0 Å². The number of benzene rings is 1. The predicted molar refractivity (Wildman–Crippen MR) is 85.4 cm³/mol. The highest BCUT2D eigenvalue weighted by Crippen LogP contribution is 2.27. The van der Waals surface area contributed by atoms with E-state index < -0.39 is 0 Å². The van der Waals surface area contributed by atoms with Crippen LogP contribution in [-0.2, 0) is 0 Å². The molecule has 1 aromatic carbocycles. The van der Waals surface area contributed by atoms with Gasteiger partial charge in [-0.15, -0.1) is 0 Å². The SMILES string of the molecule is Cc1cc(F)c(N2CCC(N3CCN(C)CC3)CC2)cc1F. The molecular weight excluding hydrogens is 284 g/mol. The Labute approximate surface area is 131 Å². The molecule has 0 unspecified atom stereocenters. The van der Waals surface area contributed by atoms with E-state index in [1.807, 2.05) is 4.90 Å². The fourth-order valence-electron chi connectivity index (χ4n) is 3.54. The van der Waals surface area contributed by atoms with E-state index in [1.165, 1.54) is 12.1 Å². The van der Waals surface area contributed by atoms with E-state index >= 15 is 0 Å². The normalized spacial score (nSPS) is 22.3. The van der Waals surface area contributed by atoms with E-state index in [4.69, 9.17) is 0 Å². The van der Waals surface area contributed by atoms with Crippen LogP contribution < -0.4 is 4.90 Å². The summed E-state index contributed by atoms with van der Waals surface area (Å²) < 4.78 is 27.8. The van der Waals surface area contributed by atoms with Crippen LogP contribution in [0.2, 0.25) is 0 Å².